The Bertz CT molecular complexity index is 712. The van der Waals surface area contributed by atoms with E-state index in [0.29, 0.717) is 17.1 Å². The molecule has 0 aliphatic heterocycles. The Morgan fingerprint density at radius 3 is 2.53 bits per heavy atom. The zero-order chi connectivity index (χ0) is 13.4. The van der Waals surface area contributed by atoms with E-state index in [9.17, 15) is 10.2 Å². The highest BCUT2D eigenvalue weighted by Crippen LogP contribution is 2.28. The van der Waals surface area contributed by atoms with Crippen molar-refractivity contribution in [2.45, 2.75) is 0 Å². The third kappa shape index (κ3) is 2.13. The molecule has 0 aliphatic carbocycles. The minimum absolute atomic E-state index is 0.0763. The van der Waals surface area contributed by atoms with Crippen LogP contribution >= 0.6 is 0 Å². The molecule has 0 radical (unpaired) electrons. The smallest absolute Gasteiger partial charge is 0.258 e. The normalized spacial score (nSPS) is 10.8. The van der Waals surface area contributed by atoms with Crippen molar-refractivity contribution in [2.24, 2.45) is 7.05 Å². The minimum atomic E-state index is -0.0763. The van der Waals surface area contributed by atoms with Crippen molar-refractivity contribution in [2.75, 3.05) is 0 Å². The second-order valence-electron chi connectivity index (χ2n) is 4.04. The third-order valence-electron chi connectivity index (χ3n) is 2.52. The summed E-state index contributed by atoms with van der Waals surface area (Å²) in [5.41, 5.74) is 1.02. The lowest BCUT2D eigenvalue weighted by Gasteiger charge is -1.97. The van der Waals surface area contributed by atoms with Gasteiger partial charge >= 0.3 is 0 Å². The van der Waals surface area contributed by atoms with E-state index in [2.05, 4.69) is 15.2 Å². The molecule has 0 amide bonds. The van der Waals surface area contributed by atoms with E-state index in [1.807, 2.05) is 0 Å². The van der Waals surface area contributed by atoms with Crippen LogP contribution in [0.5, 0.6) is 11.5 Å². The van der Waals surface area contributed by atoms with Gasteiger partial charge < -0.3 is 14.7 Å². The maximum absolute atomic E-state index is 9.42. The van der Waals surface area contributed by atoms with Crippen LogP contribution in [0, 0.1) is 0 Å². The van der Waals surface area contributed by atoms with Gasteiger partial charge in [0, 0.05) is 24.9 Å². The van der Waals surface area contributed by atoms with Crippen molar-refractivity contribution in [3.8, 4) is 34.5 Å². The van der Waals surface area contributed by atoms with Crippen LogP contribution in [0.2, 0.25) is 0 Å². The summed E-state index contributed by atoms with van der Waals surface area (Å²) in [5, 5.41) is 26.8. The summed E-state index contributed by atoms with van der Waals surface area (Å²) >= 11 is 0. The maximum atomic E-state index is 9.42. The van der Waals surface area contributed by atoms with Crippen LogP contribution in [0.25, 0.3) is 23.0 Å². The summed E-state index contributed by atoms with van der Waals surface area (Å²) in [7, 11) is 1.79. The number of phenolic OH excluding ortho intramolecular Hbond substituents is 2. The number of aryl methyl sites for hydroxylation is 1. The molecule has 0 bridgehead atoms. The molecule has 2 heterocycles. The van der Waals surface area contributed by atoms with Crippen LogP contribution in [0.1, 0.15) is 0 Å². The van der Waals surface area contributed by atoms with Gasteiger partial charge in [0.2, 0.25) is 5.82 Å². The number of hydrogen-bond acceptors (Lipinski definition) is 6. The standard InChI is InChI=1S/C12H10N4O3/c1-16-3-2-10(14-16)11-13-12(19-15-11)7-4-8(17)6-9(18)5-7/h2-6,17-18H,1H3. The molecule has 0 fully saturated rings. The van der Waals surface area contributed by atoms with Gasteiger partial charge in [0.15, 0.2) is 0 Å². The summed E-state index contributed by atoms with van der Waals surface area (Å²) < 4.78 is 6.72. The summed E-state index contributed by atoms with van der Waals surface area (Å²) in [5.74, 6) is 0.394. The number of nitrogens with zero attached hydrogens (tertiary/aromatic N) is 4. The summed E-state index contributed by atoms with van der Waals surface area (Å²) in [6.45, 7) is 0. The lowest BCUT2D eigenvalue weighted by Crippen LogP contribution is -1.88. The van der Waals surface area contributed by atoms with Crippen molar-refractivity contribution >= 4 is 0 Å². The molecule has 1 aromatic carbocycles. The highest BCUT2D eigenvalue weighted by Gasteiger charge is 2.13. The van der Waals surface area contributed by atoms with E-state index in [0.717, 1.165) is 0 Å². The van der Waals surface area contributed by atoms with Gasteiger partial charge in [-0.05, 0) is 18.2 Å². The first-order valence-electron chi connectivity index (χ1n) is 5.49. The van der Waals surface area contributed by atoms with Crippen molar-refractivity contribution in [1.82, 2.24) is 19.9 Å². The van der Waals surface area contributed by atoms with E-state index < -0.39 is 0 Å². The zero-order valence-electron chi connectivity index (χ0n) is 9.98. The van der Waals surface area contributed by atoms with Crippen LogP contribution in [0.15, 0.2) is 35.0 Å². The van der Waals surface area contributed by atoms with Crippen molar-refractivity contribution < 1.29 is 14.7 Å². The number of phenols is 2. The molecule has 0 spiro atoms. The van der Waals surface area contributed by atoms with Gasteiger partial charge in [-0.15, -0.1) is 0 Å². The van der Waals surface area contributed by atoms with Gasteiger partial charge in [-0.2, -0.15) is 10.1 Å². The van der Waals surface area contributed by atoms with Crippen LogP contribution in [0.3, 0.4) is 0 Å². The second kappa shape index (κ2) is 4.13. The Morgan fingerprint density at radius 1 is 1.16 bits per heavy atom. The topological polar surface area (TPSA) is 97.2 Å². The van der Waals surface area contributed by atoms with E-state index in [1.54, 1.807) is 24.0 Å². The Labute approximate surface area is 107 Å². The minimum Gasteiger partial charge on any atom is -0.508 e. The predicted molar refractivity (Wildman–Crippen MR) is 65.3 cm³/mol. The largest absolute Gasteiger partial charge is 0.508 e. The van der Waals surface area contributed by atoms with Crippen molar-refractivity contribution in [3.63, 3.8) is 0 Å². The quantitative estimate of drug-likeness (QED) is 0.723. The summed E-state index contributed by atoms with van der Waals surface area (Å²) in [4.78, 5) is 4.17. The molecule has 7 nitrogen and oxygen atoms in total. The van der Waals surface area contributed by atoms with Crippen molar-refractivity contribution in [1.29, 1.82) is 0 Å². The molecule has 7 heteroatoms. The number of aromatic nitrogens is 4. The third-order valence-corrected chi connectivity index (χ3v) is 2.52. The van der Waals surface area contributed by atoms with Crippen LogP contribution in [0.4, 0.5) is 0 Å². The fourth-order valence-electron chi connectivity index (χ4n) is 1.70. The van der Waals surface area contributed by atoms with Crippen LogP contribution < -0.4 is 0 Å². The Balaban J connectivity index is 2.01. The molecule has 0 saturated heterocycles. The average molecular weight is 258 g/mol. The molecule has 0 unspecified atom stereocenters. The molecular formula is C12H10N4O3. The van der Waals surface area contributed by atoms with Crippen LogP contribution in [-0.2, 0) is 7.05 Å². The maximum Gasteiger partial charge on any atom is 0.258 e. The number of rotatable bonds is 2. The summed E-state index contributed by atoms with van der Waals surface area (Å²) in [6.07, 6.45) is 1.77. The molecule has 3 aromatic rings. The lowest BCUT2D eigenvalue weighted by atomic mass is 10.2. The highest BCUT2D eigenvalue weighted by molar-refractivity contribution is 5.61. The molecule has 0 saturated carbocycles. The first kappa shape index (κ1) is 11.3. The van der Waals surface area contributed by atoms with E-state index in [-0.39, 0.29) is 17.4 Å². The van der Waals surface area contributed by atoms with Gasteiger partial charge in [0.25, 0.3) is 5.89 Å². The van der Waals surface area contributed by atoms with E-state index in [1.165, 1.54) is 18.2 Å². The number of hydrogen-bond donors (Lipinski definition) is 2. The average Bonchev–Trinajstić information content (AvgIpc) is 2.95. The number of aromatic hydroxyl groups is 2. The van der Waals surface area contributed by atoms with E-state index >= 15 is 0 Å². The SMILES string of the molecule is Cn1ccc(-c2noc(-c3cc(O)cc(O)c3)n2)n1. The van der Waals surface area contributed by atoms with Gasteiger partial charge in [0.1, 0.15) is 17.2 Å². The Morgan fingerprint density at radius 2 is 1.89 bits per heavy atom. The summed E-state index contributed by atoms with van der Waals surface area (Å²) in [6, 6.07) is 5.83. The zero-order valence-corrected chi connectivity index (χ0v) is 9.98. The Hall–Kier alpha value is -2.83. The number of benzene rings is 1. The fraction of sp³-hybridized carbons (Fsp3) is 0.0833. The highest BCUT2D eigenvalue weighted by atomic mass is 16.5. The molecule has 2 aromatic heterocycles. The van der Waals surface area contributed by atoms with Gasteiger partial charge in [0.05, 0.1) is 0 Å². The molecule has 0 aliphatic rings. The molecule has 0 atom stereocenters. The Kier molecular flexibility index (Phi) is 2.45. The fourth-order valence-corrected chi connectivity index (χ4v) is 1.70. The molecule has 96 valence electrons. The molecule has 2 N–H and O–H groups in total. The van der Waals surface area contributed by atoms with Gasteiger partial charge in [-0.1, -0.05) is 5.16 Å². The first-order chi connectivity index (χ1) is 9.11. The van der Waals surface area contributed by atoms with Crippen LogP contribution in [-0.4, -0.2) is 30.1 Å². The van der Waals surface area contributed by atoms with Gasteiger partial charge in [-0.3, -0.25) is 4.68 Å². The van der Waals surface area contributed by atoms with E-state index in [4.69, 9.17) is 4.52 Å². The monoisotopic (exact) mass is 258 g/mol. The lowest BCUT2D eigenvalue weighted by molar-refractivity contribution is 0.428. The predicted octanol–water partition coefficient (Wildman–Crippen LogP) is 1.55. The molecular weight excluding hydrogens is 248 g/mol. The van der Waals surface area contributed by atoms with Crippen molar-refractivity contribution in [3.05, 3.63) is 30.5 Å². The second-order valence-corrected chi connectivity index (χ2v) is 4.04. The first-order valence-corrected chi connectivity index (χ1v) is 5.49. The molecule has 19 heavy (non-hydrogen) atoms. The molecule has 3 rings (SSSR count). The van der Waals surface area contributed by atoms with Gasteiger partial charge in [-0.25, -0.2) is 0 Å².